The average molecular weight is 414 g/mol. The average Bonchev–Trinajstić information content (AvgIpc) is 3.26. The molecule has 3 rings (SSSR count). The molecular weight excluding hydrogens is 391 g/mol. The first kappa shape index (κ1) is 17.0. The van der Waals surface area contributed by atoms with Crippen LogP contribution in [0.25, 0.3) is 5.65 Å². The van der Waals surface area contributed by atoms with E-state index in [0.29, 0.717) is 6.54 Å². The van der Waals surface area contributed by atoms with E-state index in [-0.39, 0.29) is 24.0 Å². The first-order valence-electron chi connectivity index (χ1n) is 7.60. The smallest absolute Gasteiger partial charge is 0.191 e. The maximum absolute atomic E-state index is 4.24. The van der Waals surface area contributed by atoms with Crippen molar-refractivity contribution < 1.29 is 0 Å². The van der Waals surface area contributed by atoms with Crippen LogP contribution in [0.5, 0.6) is 0 Å². The molecule has 2 N–H and O–H groups in total. The van der Waals surface area contributed by atoms with Gasteiger partial charge in [-0.2, -0.15) is 0 Å². The van der Waals surface area contributed by atoms with Gasteiger partial charge < -0.3 is 10.6 Å². The van der Waals surface area contributed by atoms with Gasteiger partial charge in [0.05, 0.1) is 6.54 Å². The number of hydrogen-bond donors (Lipinski definition) is 2. The minimum Gasteiger partial charge on any atom is -0.356 e. The lowest BCUT2D eigenvalue weighted by atomic mass is 10.2. The van der Waals surface area contributed by atoms with Gasteiger partial charge in [-0.3, -0.25) is 9.39 Å². The molecule has 2 aromatic heterocycles. The van der Waals surface area contributed by atoms with E-state index in [9.17, 15) is 0 Å². The summed E-state index contributed by atoms with van der Waals surface area (Å²) in [5.74, 6) is 2.69. The minimum atomic E-state index is 0. The van der Waals surface area contributed by atoms with Crippen LogP contribution in [0.15, 0.2) is 29.4 Å². The van der Waals surface area contributed by atoms with Crippen molar-refractivity contribution in [1.29, 1.82) is 0 Å². The molecule has 0 spiro atoms. The Balaban J connectivity index is 0.00000176. The van der Waals surface area contributed by atoms with Crippen LogP contribution in [0.1, 0.15) is 31.5 Å². The maximum Gasteiger partial charge on any atom is 0.191 e. The standard InChI is InChI=1S/C15H22N6.HI/c1-16-15(17-9-4-5-12-7-8-12)18-11-14-20-19-13-6-2-3-10-21(13)14;/h2-3,6,10,12H,4-5,7-9,11H2,1H3,(H2,16,17,18);1H. The third-order valence-electron chi connectivity index (χ3n) is 3.80. The molecule has 1 aliphatic carbocycles. The fourth-order valence-electron chi connectivity index (χ4n) is 2.40. The molecule has 0 aliphatic heterocycles. The van der Waals surface area contributed by atoms with E-state index in [4.69, 9.17) is 0 Å². The summed E-state index contributed by atoms with van der Waals surface area (Å²) in [7, 11) is 1.79. The summed E-state index contributed by atoms with van der Waals surface area (Å²) in [6.07, 6.45) is 7.36. The lowest BCUT2D eigenvalue weighted by Crippen LogP contribution is -2.37. The maximum atomic E-state index is 4.24. The molecule has 0 radical (unpaired) electrons. The number of pyridine rings is 1. The monoisotopic (exact) mass is 414 g/mol. The Morgan fingerprint density at radius 3 is 2.95 bits per heavy atom. The van der Waals surface area contributed by atoms with Gasteiger partial charge in [0.2, 0.25) is 0 Å². The van der Waals surface area contributed by atoms with Crippen LogP contribution in [-0.2, 0) is 6.54 Å². The zero-order valence-corrected chi connectivity index (χ0v) is 15.2. The van der Waals surface area contributed by atoms with Gasteiger partial charge in [0.15, 0.2) is 17.4 Å². The van der Waals surface area contributed by atoms with Crippen molar-refractivity contribution in [3.63, 3.8) is 0 Å². The highest BCUT2D eigenvalue weighted by Gasteiger charge is 2.19. The first-order chi connectivity index (χ1) is 10.4. The SMILES string of the molecule is CN=C(NCCCC1CC1)NCc1nnc2ccccn12.I. The number of nitrogens with zero attached hydrogens (tertiary/aromatic N) is 4. The number of aromatic nitrogens is 3. The second-order valence-corrected chi connectivity index (χ2v) is 5.48. The Kier molecular flexibility index (Phi) is 6.41. The van der Waals surface area contributed by atoms with E-state index >= 15 is 0 Å². The van der Waals surface area contributed by atoms with Gasteiger partial charge >= 0.3 is 0 Å². The molecule has 0 saturated heterocycles. The number of guanidine groups is 1. The van der Waals surface area contributed by atoms with Crippen molar-refractivity contribution in [1.82, 2.24) is 25.2 Å². The Morgan fingerprint density at radius 1 is 1.32 bits per heavy atom. The molecule has 0 amide bonds. The minimum absolute atomic E-state index is 0. The van der Waals surface area contributed by atoms with Gasteiger partial charge in [-0.15, -0.1) is 34.2 Å². The molecular formula is C15H23IN6. The topological polar surface area (TPSA) is 66.6 Å². The molecule has 0 unspecified atom stereocenters. The third kappa shape index (κ3) is 4.56. The highest BCUT2D eigenvalue weighted by atomic mass is 127. The Morgan fingerprint density at radius 2 is 2.18 bits per heavy atom. The van der Waals surface area contributed by atoms with E-state index in [1.54, 1.807) is 7.05 Å². The molecule has 1 aliphatic rings. The Labute approximate surface area is 147 Å². The van der Waals surface area contributed by atoms with Crippen LogP contribution in [0.4, 0.5) is 0 Å². The van der Waals surface area contributed by atoms with Crippen molar-refractivity contribution in [2.24, 2.45) is 10.9 Å². The van der Waals surface area contributed by atoms with Gasteiger partial charge in [0.25, 0.3) is 0 Å². The molecule has 7 heteroatoms. The summed E-state index contributed by atoms with van der Waals surface area (Å²) in [6.45, 7) is 1.57. The zero-order chi connectivity index (χ0) is 14.5. The van der Waals surface area contributed by atoms with Crippen LogP contribution in [0.3, 0.4) is 0 Å². The van der Waals surface area contributed by atoms with E-state index < -0.39 is 0 Å². The van der Waals surface area contributed by atoms with Crippen molar-refractivity contribution in [2.45, 2.75) is 32.2 Å². The van der Waals surface area contributed by atoms with Crippen molar-refractivity contribution >= 4 is 35.6 Å². The molecule has 2 aromatic rings. The molecule has 22 heavy (non-hydrogen) atoms. The van der Waals surface area contributed by atoms with E-state index in [1.807, 2.05) is 28.8 Å². The zero-order valence-electron chi connectivity index (χ0n) is 12.8. The third-order valence-corrected chi connectivity index (χ3v) is 3.80. The highest BCUT2D eigenvalue weighted by Crippen LogP contribution is 2.33. The number of nitrogens with one attached hydrogen (secondary N) is 2. The predicted molar refractivity (Wildman–Crippen MR) is 98.6 cm³/mol. The fraction of sp³-hybridized carbons (Fsp3) is 0.533. The predicted octanol–water partition coefficient (Wildman–Crippen LogP) is 2.20. The van der Waals surface area contributed by atoms with Gasteiger partial charge in [0.1, 0.15) is 0 Å². The summed E-state index contributed by atoms with van der Waals surface area (Å²) >= 11 is 0. The lowest BCUT2D eigenvalue weighted by Gasteiger charge is -2.11. The van der Waals surface area contributed by atoms with Crippen LogP contribution in [0, 0.1) is 5.92 Å². The largest absolute Gasteiger partial charge is 0.356 e. The second-order valence-electron chi connectivity index (χ2n) is 5.48. The van der Waals surface area contributed by atoms with Crippen LogP contribution in [0.2, 0.25) is 0 Å². The fourth-order valence-corrected chi connectivity index (χ4v) is 2.40. The molecule has 2 heterocycles. The molecule has 120 valence electrons. The van der Waals surface area contributed by atoms with Gasteiger partial charge in [-0.05, 0) is 30.9 Å². The summed E-state index contributed by atoms with van der Waals surface area (Å²) in [5, 5.41) is 15.0. The molecule has 6 nitrogen and oxygen atoms in total. The number of halogens is 1. The van der Waals surface area contributed by atoms with Gasteiger partial charge in [0, 0.05) is 19.8 Å². The van der Waals surface area contributed by atoms with Gasteiger partial charge in [-0.25, -0.2) is 0 Å². The van der Waals surface area contributed by atoms with E-state index in [0.717, 1.165) is 29.9 Å². The summed E-state index contributed by atoms with van der Waals surface area (Å²) in [4.78, 5) is 4.24. The normalized spacial score (nSPS) is 14.7. The molecule has 0 aromatic carbocycles. The number of rotatable bonds is 6. The Hall–Kier alpha value is -1.38. The van der Waals surface area contributed by atoms with Gasteiger partial charge in [-0.1, -0.05) is 18.9 Å². The molecule has 0 bridgehead atoms. The van der Waals surface area contributed by atoms with E-state index in [2.05, 4.69) is 25.8 Å². The van der Waals surface area contributed by atoms with Crippen molar-refractivity contribution in [2.75, 3.05) is 13.6 Å². The molecule has 1 fully saturated rings. The number of fused-ring (bicyclic) bond motifs is 1. The lowest BCUT2D eigenvalue weighted by molar-refractivity contribution is 0.643. The van der Waals surface area contributed by atoms with Crippen LogP contribution < -0.4 is 10.6 Å². The van der Waals surface area contributed by atoms with Crippen LogP contribution in [-0.4, -0.2) is 34.2 Å². The second kappa shape index (κ2) is 8.30. The quantitative estimate of drug-likeness (QED) is 0.329. The summed E-state index contributed by atoms with van der Waals surface area (Å²) in [5.41, 5.74) is 0.863. The first-order valence-corrected chi connectivity index (χ1v) is 7.60. The van der Waals surface area contributed by atoms with Crippen molar-refractivity contribution in [3.8, 4) is 0 Å². The molecule has 1 saturated carbocycles. The Bertz CT molecular complexity index is 619. The van der Waals surface area contributed by atoms with E-state index in [1.165, 1.54) is 25.7 Å². The van der Waals surface area contributed by atoms with Crippen molar-refractivity contribution in [3.05, 3.63) is 30.2 Å². The number of aliphatic imine (C=N–C) groups is 1. The van der Waals surface area contributed by atoms with Crippen LogP contribution >= 0.6 is 24.0 Å². The summed E-state index contributed by atoms with van der Waals surface area (Å²) in [6, 6.07) is 5.88. The number of hydrogen-bond acceptors (Lipinski definition) is 3. The summed E-state index contributed by atoms with van der Waals surface area (Å²) < 4.78 is 1.98. The highest BCUT2D eigenvalue weighted by molar-refractivity contribution is 14.0. The molecule has 0 atom stereocenters.